The molecule has 1 heterocycles. The van der Waals surface area contributed by atoms with Crippen molar-refractivity contribution < 1.29 is 4.79 Å². The molecule has 11 heteroatoms. The highest BCUT2D eigenvalue weighted by atomic mass is 16.2. The Morgan fingerprint density at radius 1 is 0.767 bits per heavy atom. The van der Waals surface area contributed by atoms with Crippen LogP contribution in [0.4, 0.5) is 4.79 Å². The molecule has 0 atom stereocenters. The zero-order valence-corrected chi connectivity index (χ0v) is 17.1. The third-order valence-electron chi connectivity index (χ3n) is 4.71. The van der Waals surface area contributed by atoms with E-state index in [1.54, 1.807) is 19.6 Å². The van der Waals surface area contributed by atoms with Gasteiger partial charge in [0.15, 0.2) is 0 Å². The highest BCUT2D eigenvalue weighted by molar-refractivity contribution is 5.76. The first-order chi connectivity index (χ1) is 14.6. The summed E-state index contributed by atoms with van der Waals surface area (Å²) in [5.74, 6) is 0. The van der Waals surface area contributed by atoms with Gasteiger partial charge in [-0.1, -0.05) is 0 Å². The molecule has 2 amide bonds. The van der Waals surface area contributed by atoms with Crippen LogP contribution in [0.15, 0.2) is 0 Å². The minimum atomic E-state index is -0.0759. The summed E-state index contributed by atoms with van der Waals surface area (Å²) in [5, 5.41) is 26.7. The van der Waals surface area contributed by atoms with E-state index < -0.39 is 0 Å². The molecule has 1 aliphatic rings. The zero-order chi connectivity index (χ0) is 22.2. The molecule has 0 bridgehead atoms. The van der Waals surface area contributed by atoms with Crippen molar-refractivity contribution >= 4 is 6.03 Å². The zero-order valence-electron chi connectivity index (χ0n) is 17.1. The molecule has 11 nitrogen and oxygen atoms in total. The molecule has 158 valence electrons. The maximum Gasteiger partial charge on any atom is 0.320 e. The van der Waals surface area contributed by atoms with E-state index in [0.29, 0.717) is 52.4 Å². The van der Waals surface area contributed by atoms with E-state index >= 15 is 0 Å². The molecule has 1 aliphatic heterocycles. The summed E-state index contributed by atoms with van der Waals surface area (Å²) in [6.07, 6.45) is 0. The number of nitriles is 3. The van der Waals surface area contributed by atoms with Gasteiger partial charge in [0.1, 0.15) is 0 Å². The molecule has 0 N–H and O–H groups in total. The van der Waals surface area contributed by atoms with Crippen LogP contribution in [-0.2, 0) is 0 Å². The Morgan fingerprint density at radius 2 is 1.20 bits per heavy atom. The summed E-state index contributed by atoms with van der Waals surface area (Å²) in [7, 11) is 0. The topological polar surface area (TPSA) is 113 Å². The number of urea groups is 1. The van der Waals surface area contributed by atoms with E-state index in [0.717, 1.165) is 0 Å². The molecule has 30 heavy (non-hydrogen) atoms. The van der Waals surface area contributed by atoms with E-state index in [-0.39, 0.29) is 39.0 Å². The van der Waals surface area contributed by atoms with Crippen LogP contribution in [0.1, 0.15) is 0 Å². The molecule has 0 aromatic heterocycles. The molecule has 1 rings (SSSR count). The maximum absolute atomic E-state index is 12.6. The molecule has 0 radical (unpaired) electrons. The maximum atomic E-state index is 12.6. The van der Waals surface area contributed by atoms with Gasteiger partial charge in [0.25, 0.3) is 13.3 Å². The molecular formula is C19H26N10O. The highest BCUT2D eigenvalue weighted by Gasteiger charge is 2.29. The molecule has 0 aliphatic carbocycles. The second kappa shape index (κ2) is 14.6. The quantitative estimate of drug-likeness (QED) is 0.291. The lowest BCUT2D eigenvalue weighted by Crippen LogP contribution is -2.42. The first-order valence-electron chi connectivity index (χ1n) is 9.57. The van der Waals surface area contributed by atoms with Crippen molar-refractivity contribution in [2.75, 3.05) is 85.3 Å². The summed E-state index contributed by atoms with van der Waals surface area (Å²) >= 11 is 0. The molecular weight excluding hydrogens is 384 g/mol. The summed E-state index contributed by atoms with van der Waals surface area (Å²) < 4.78 is 0. The number of hydrogen-bond donors (Lipinski definition) is 0. The van der Waals surface area contributed by atoms with Crippen LogP contribution in [0.3, 0.4) is 0 Å². The van der Waals surface area contributed by atoms with Gasteiger partial charge in [-0.3, -0.25) is 19.5 Å². The molecule has 0 spiro atoms. The van der Waals surface area contributed by atoms with Gasteiger partial charge in [-0.2, -0.15) is 20.7 Å². The third kappa shape index (κ3) is 8.74. The number of carbonyl (C=O) groups is 1. The average molecular weight is 410 g/mol. The monoisotopic (exact) mass is 410 g/mol. The fourth-order valence-electron chi connectivity index (χ4n) is 3.02. The molecule has 0 aromatic rings. The van der Waals surface area contributed by atoms with Crippen LogP contribution < -0.4 is 0 Å². The van der Waals surface area contributed by atoms with Crippen LogP contribution >= 0.6 is 0 Å². The Hall–Kier alpha value is -3.40. The van der Waals surface area contributed by atoms with Crippen molar-refractivity contribution in [2.24, 2.45) is 0 Å². The Kier molecular flexibility index (Phi) is 12.0. The first-order valence-corrected chi connectivity index (χ1v) is 9.57. The predicted molar refractivity (Wildman–Crippen MR) is 108 cm³/mol. The van der Waals surface area contributed by atoms with Gasteiger partial charge in [-0.05, 0) is 0 Å². The van der Waals surface area contributed by atoms with Gasteiger partial charge in [-0.15, -0.1) is 0 Å². The van der Waals surface area contributed by atoms with Crippen LogP contribution in [0, 0.1) is 47.1 Å². The van der Waals surface area contributed by atoms with Crippen molar-refractivity contribution in [3.63, 3.8) is 0 Å². The SMILES string of the molecule is [C-]#[N+]CN(CCN1CCN(CCN(CC#N)CCN(CC#N)CC#N)C1=O)C[N+]#[C-]. The molecule has 0 unspecified atom stereocenters. The lowest BCUT2D eigenvalue weighted by Gasteiger charge is -2.25. The van der Waals surface area contributed by atoms with Crippen LogP contribution in [0.2, 0.25) is 0 Å². The average Bonchev–Trinajstić information content (AvgIpc) is 3.08. The smallest absolute Gasteiger partial charge is 0.320 e. The number of nitrogens with zero attached hydrogens (tertiary/aromatic N) is 10. The number of hydrogen-bond acceptors (Lipinski definition) is 7. The minimum Gasteiger partial charge on any atom is -0.322 e. The van der Waals surface area contributed by atoms with Gasteiger partial charge < -0.3 is 9.80 Å². The molecule has 1 fully saturated rings. The number of carbonyl (C=O) groups excluding carboxylic acids is 1. The van der Waals surface area contributed by atoms with Gasteiger partial charge in [0.2, 0.25) is 0 Å². The predicted octanol–water partition coefficient (Wildman–Crippen LogP) is -0.0457. The van der Waals surface area contributed by atoms with Crippen LogP contribution in [-0.4, -0.2) is 116 Å². The van der Waals surface area contributed by atoms with Crippen molar-refractivity contribution in [2.45, 2.75) is 0 Å². The number of rotatable bonds is 14. The molecule has 0 aromatic carbocycles. The minimum absolute atomic E-state index is 0.0759. The van der Waals surface area contributed by atoms with Gasteiger partial charge >= 0.3 is 6.03 Å². The van der Waals surface area contributed by atoms with E-state index in [4.69, 9.17) is 28.9 Å². The van der Waals surface area contributed by atoms with E-state index in [9.17, 15) is 4.79 Å². The summed E-state index contributed by atoms with van der Waals surface area (Å²) in [5.41, 5.74) is 0. The Morgan fingerprint density at radius 3 is 1.67 bits per heavy atom. The Balaban J connectivity index is 2.48. The Bertz CT molecular complexity index is 718. The summed E-state index contributed by atoms with van der Waals surface area (Å²) in [6.45, 7) is 18.9. The highest BCUT2D eigenvalue weighted by Crippen LogP contribution is 2.09. The lowest BCUT2D eigenvalue weighted by molar-refractivity contribution is 0.177. The van der Waals surface area contributed by atoms with Crippen molar-refractivity contribution in [3.8, 4) is 18.2 Å². The van der Waals surface area contributed by atoms with E-state index in [1.807, 2.05) is 17.0 Å². The normalized spacial score (nSPS) is 13.2. The molecule has 1 saturated heterocycles. The van der Waals surface area contributed by atoms with E-state index in [1.165, 1.54) is 0 Å². The van der Waals surface area contributed by atoms with Crippen molar-refractivity contribution in [3.05, 3.63) is 22.8 Å². The third-order valence-corrected chi connectivity index (χ3v) is 4.71. The first kappa shape index (κ1) is 24.6. The van der Waals surface area contributed by atoms with E-state index in [2.05, 4.69) is 15.8 Å². The summed E-state index contributed by atoms with van der Waals surface area (Å²) in [4.78, 5) is 28.0. The fourth-order valence-corrected chi connectivity index (χ4v) is 3.02. The molecule has 0 saturated carbocycles. The van der Waals surface area contributed by atoms with Crippen molar-refractivity contribution in [1.29, 1.82) is 15.8 Å². The van der Waals surface area contributed by atoms with Crippen LogP contribution in [0.25, 0.3) is 9.69 Å². The largest absolute Gasteiger partial charge is 0.322 e. The van der Waals surface area contributed by atoms with Crippen LogP contribution in [0.5, 0.6) is 0 Å². The Labute approximate surface area is 178 Å². The second-order valence-electron chi connectivity index (χ2n) is 6.71. The van der Waals surface area contributed by atoms with Gasteiger partial charge in [-0.25, -0.2) is 17.9 Å². The van der Waals surface area contributed by atoms with Gasteiger partial charge in [0, 0.05) is 52.4 Å². The lowest BCUT2D eigenvalue weighted by atomic mass is 10.4. The number of amides is 2. The fraction of sp³-hybridized carbons (Fsp3) is 0.684. The van der Waals surface area contributed by atoms with Gasteiger partial charge in [0.05, 0.1) is 37.8 Å². The standard InChI is InChI=1S/C19H26N10O/c1-23-17-27(18-24-2)12-14-29-16-15-28(19(29)30)13-11-26(8-5-22)10-9-25(6-3-20)7-4-21/h6-18H2. The summed E-state index contributed by atoms with van der Waals surface area (Å²) in [6, 6.07) is 6.10. The second-order valence-corrected chi connectivity index (χ2v) is 6.71. The van der Waals surface area contributed by atoms with Crippen molar-refractivity contribution in [1.82, 2.24) is 24.5 Å².